The molecule has 1 aliphatic rings. The lowest BCUT2D eigenvalue weighted by Crippen LogP contribution is -2.54. The number of carbonyl (C=O) groups excluding carboxylic acids is 1. The molecule has 1 unspecified atom stereocenters. The van der Waals surface area contributed by atoms with Gasteiger partial charge in [0.25, 0.3) is 0 Å². The molecule has 1 saturated heterocycles. The molecule has 2 N–H and O–H groups in total. The van der Waals surface area contributed by atoms with Gasteiger partial charge < -0.3 is 15.3 Å². The first-order valence-corrected chi connectivity index (χ1v) is 5.89. The quantitative estimate of drug-likeness (QED) is 0.819. The minimum absolute atomic E-state index is 0.0703. The van der Waals surface area contributed by atoms with Crippen LogP contribution in [0.3, 0.4) is 0 Å². The van der Waals surface area contributed by atoms with Crippen LogP contribution in [0.15, 0.2) is 18.2 Å². The molecule has 1 aromatic carbocycles. The van der Waals surface area contributed by atoms with E-state index in [1.807, 2.05) is 17.9 Å². The monoisotopic (exact) mass is 248 g/mol. The Hall–Kier alpha value is -2.04. The Labute approximate surface area is 105 Å². The number of hydrogen-bond donors (Lipinski definition) is 2. The van der Waals surface area contributed by atoms with Crippen LogP contribution in [0.1, 0.15) is 22.8 Å². The molecule has 1 aromatic rings. The molecule has 0 radical (unpaired) electrons. The molecule has 5 nitrogen and oxygen atoms in total. The average molecular weight is 248 g/mol. The summed E-state index contributed by atoms with van der Waals surface area (Å²) in [4.78, 5) is 24.7. The predicted molar refractivity (Wildman–Crippen MR) is 68.0 cm³/mol. The third-order valence-corrected chi connectivity index (χ3v) is 3.19. The van der Waals surface area contributed by atoms with Crippen LogP contribution >= 0.6 is 0 Å². The summed E-state index contributed by atoms with van der Waals surface area (Å²) in [6.45, 7) is 4.85. The fourth-order valence-corrected chi connectivity index (χ4v) is 2.17. The number of carboxylic acid groups (broad SMARTS) is 1. The standard InChI is InChI=1S/C13H16N2O3/c1-8-3-4-10(13(17)18)11(7-8)15-6-5-14-12(16)9(15)2/h3-4,7,9H,5-6H2,1-2H3,(H,14,16)(H,17,18). The summed E-state index contributed by atoms with van der Waals surface area (Å²) in [5.41, 5.74) is 1.83. The number of carboxylic acids is 1. The van der Waals surface area contributed by atoms with Gasteiger partial charge in [0.1, 0.15) is 6.04 Å². The van der Waals surface area contributed by atoms with Crippen LogP contribution < -0.4 is 10.2 Å². The van der Waals surface area contributed by atoms with Crippen molar-refractivity contribution < 1.29 is 14.7 Å². The van der Waals surface area contributed by atoms with Crippen molar-refractivity contribution >= 4 is 17.6 Å². The molecule has 0 aliphatic carbocycles. The summed E-state index contributed by atoms with van der Waals surface area (Å²) >= 11 is 0. The van der Waals surface area contributed by atoms with E-state index in [9.17, 15) is 14.7 Å². The van der Waals surface area contributed by atoms with Gasteiger partial charge in [-0.3, -0.25) is 4.79 Å². The van der Waals surface area contributed by atoms with Crippen molar-refractivity contribution in [2.24, 2.45) is 0 Å². The number of benzene rings is 1. The second-order valence-electron chi connectivity index (χ2n) is 4.49. The van der Waals surface area contributed by atoms with Gasteiger partial charge in [0.2, 0.25) is 5.91 Å². The number of anilines is 1. The first-order valence-electron chi connectivity index (χ1n) is 5.89. The summed E-state index contributed by atoms with van der Waals surface area (Å²) in [6, 6.07) is 4.82. The molecule has 1 fully saturated rings. The van der Waals surface area contributed by atoms with Crippen molar-refractivity contribution in [3.05, 3.63) is 29.3 Å². The number of piperazine rings is 1. The van der Waals surface area contributed by atoms with E-state index in [0.717, 1.165) is 5.56 Å². The number of amides is 1. The maximum atomic E-state index is 11.6. The van der Waals surface area contributed by atoms with Crippen molar-refractivity contribution in [1.29, 1.82) is 0 Å². The smallest absolute Gasteiger partial charge is 0.337 e. The van der Waals surface area contributed by atoms with Gasteiger partial charge in [-0.1, -0.05) is 6.07 Å². The van der Waals surface area contributed by atoms with Crippen LogP contribution in [-0.4, -0.2) is 36.1 Å². The van der Waals surface area contributed by atoms with E-state index in [4.69, 9.17) is 0 Å². The second-order valence-corrected chi connectivity index (χ2v) is 4.49. The van der Waals surface area contributed by atoms with Gasteiger partial charge in [0.05, 0.1) is 11.3 Å². The van der Waals surface area contributed by atoms with Gasteiger partial charge in [-0.15, -0.1) is 0 Å². The Morgan fingerprint density at radius 3 is 2.89 bits per heavy atom. The fourth-order valence-electron chi connectivity index (χ4n) is 2.17. The van der Waals surface area contributed by atoms with Gasteiger partial charge >= 0.3 is 5.97 Å². The second kappa shape index (κ2) is 4.68. The number of rotatable bonds is 2. The van der Waals surface area contributed by atoms with E-state index < -0.39 is 5.97 Å². The number of nitrogens with zero attached hydrogens (tertiary/aromatic N) is 1. The lowest BCUT2D eigenvalue weighted by atomic mass is 10.1. The van der Waals surface area contributed by atoms with Crippen LogP contribution in [-0.2, 0) is 4.79 Å². The summed E-state index contributed by atoms with van der Waals surface area (Å²) in [5.74, 6) is -1.04. The normalized spacial score (nSPS) is 19.6. The van der Waals surface area contributed by atoms with Gasteiger partial charge in [-0.25, -0.2) is 4.79 Å². The predicted octanol–water partition coefficient (Wildman–Crippen LogP) is 1.02. The van der Waals surface area contributed by atoms with Crippen molar-refractivity contribution in [2.45, 2.75) is 19.9 Å². The van der Waals surface area contributed by atoms with E-state index in [1.54, 1.807) is 19.1 Å². The Morgan fingerprint density at radius 1 is 1.50 bits per heavy atom. The molecule has 0 spiro atoms. The lowest BCUT2D eigenvalue weighted by molar-refractivity contribution is -0.122. The van der Waals surface area contributed by atoms with Gasteiger partial charge in [0.15, 0.2) is 0 Å². The number of hydrogen-bond acceptors (Lipinski definition) is 3. The van der Waals surface area contributed by atoms with Crippen molar-refractivity contribution in [3.8, 4) is 0 Å². The highest BCUT2D eigenvalue weighted by Gasteiger charge is 2.28. The fraction of sp³-hybridized carbons (Fsp3) is 0.385. The van der Waals surface area contributed by atoms with Crippen molar-refractivity contribution in [1.82, 2.24) is 5.32 Å². The lowest BCUT2D eigenvalue weighted by Gasteiger charge is -2.35. The minimum atomic E-state index is -0.969. The topological polar surface area (TPSA) is 69.6 Å². The summed E-state index contributed by atoms with van der Waals surface area (Å²) in [5, 5.41) is 12.0. The van der Waals surface area contributed by atoms with Crippen LogP contribution in [0.4, 0.5) is 5.69 Å². The molecule has 1 heterocycles. The molecule has 2 rings (SSSR count). The average Bonchev–Trinajstić information content (AvgIpc) is 2.32. The Balaban J connectivity index is 2.45. The zero-order valence-electron chi connectivity index (χ0n) is 10.4. The molecule has 1 amide bonds. The molecule has 1 atom stereocenters. The molecule has 18 heavy (non-hydrogen) atoms. The third-order valence-electron chi connectivity index (χ3n) is 3.19. The van der Waals surface area contributed by atoms with Crippen LogP contribution in [0.2, 0.25) is 0 Å². The van der Waals surface area contributed by atoms with Crippen molar-refractivity contribution in [3.63, 3.8) is 0 Å². The molecule has 0 aromatic heterocycles. The highest BCUT2D eigenvalue weighted by atomic mass is 16.4. The largest absolute Gasteiger partial charge is 0.478 e. The SMILES string of the molecule is Cc1ccc(C(=O)O)c(N2CCNC(=O)C2C)c1. The van der Waals surface area contributed by atoms with Crippen LogP contribution in [0, 0.1) is 6.92 Å². The Kier molecular flexibility index (Phi) is 3.23. The molecular formula is C13H16N2O3. The third kappa shape index (κ3) is 2.16. The first kappa shape index (κ1) is 12.4. The molecular weight excluding hydrogens is 232 g/mol. The van der Waals surface area contributed by atoms with Crippen LogP contribution in [0.5, 0.6) is 0 Å². The van der Waals surface area contributed by atoms with Gasteiger partial charge in [-0.2, -0.15) is 0 Å². The molecule has 0 bridgehead atoms. The number of nitrogens with one attached hydrogen (secondary N) is 1. The van der Waals surface area contributed by atoms with E-state index >= 15 is 0 Å². The molecule has 0 saturated carbocycles. The summed E-state index contributed by atoms with van der Waals surface area (Å²) in [7, 11) is 0. The minimum Gasteiger partial charge on any atom is -0.478 e. The van der Waals surface area contributed by atoms with E-state index in [2.05, 4.69) is 5.32 Å². The molecule has 5 heteroatoms. The Morgan fingerprint density at radius 2 is 2.22 bits per heavy atom. The van der Waals surface area contributed by atoms with Gasteiger partial charge in [0, 0.05) is 13.1 Å². The Bertz CT molecular complexity index is 499. The van der Waals surface area contributed by atoms with E-state index in [-0.39, 0.29) is 17.5 Å². The van der Waals surface area contributed by atoms with Crippen LogP contribution in [0.25, 0.3) is 0 Å². The zero-order valence-corrected chi connectivity index (χ0v) is 10.4. The molecule has 96 valence electrons. The number of carbonyl (C=O) groups is 2. The summed E-state index contributed by atoms with van der Waals surface area (Å²) < 4.78 is 0. The van der Waals surface area contributed by atoms with Gasteiger partial charge in [-0.05, 0) is 31.5 Å². The maximum Gasteiger partial charge on any atom is 0.337 e. The van der Waals surface area contributed by atoms with E-state index in [0.29, 0.717) is 18.8 Å². The highest BCUT2D eigenvalue weighted by Crippen LogP contribution is 2.25. The summed E-state index contributed by atoms with van der Waals surface area (Å²) in [6.07, 6.45) is 0. The van der Waals surface area contributed by atoms with E-state index in [1.165, 1.54) is 0 Å². The molecule has 1 aliphatic heterocycles. The highest BCUT2D eigenvalue weighted by molar-refractivity contribution is 5.96. The maximum absolute atomic E-state index is 11.6. The van der Waals surface area contributed by atoms with Crippen molar-refractivity contribution in [2.75, 3.05) is 18.0 Å². The number of aryl methyl sites for hydroxylation is 1. The zero-order chi connectivity index (χ0) is 13.3. The number of aromatic carboxylic acids is 1. The first-order chi connectivity index (χ1) is 8.50.